The summed E-state index contributed by atoms with van der Waals surface area (Å²) < 4.78 is 49.4. The molecule has 3 aromatic rings. The number of hydrogen-bond donors (Lipinski definition) is 0. The maximum Gasteiger partial charge on any atom is 0.416 e. The Labute approximate surface area is 198 Å². The maximum absolute atomic E-state index is 12.8. The number of alkyl halides is 3. The second kappa shape index (κ2) is 11.5. The van der Waals surface area contributed by atoms with E-state index in [1.807, 2.05) is 18.2 Å². The molecule has 0 spiro atoms. The number of carbonyl (C=O) groups excluding carboxylic acids is 1. The fourth-order valence-corrected chi connectivity index (χ4v) is 4.00. The van der Waals surface area contributed by atoms with Crippen molar-refractivity contribution in [2.24, 2.45) is 0 Å². The molecule has 0 saturated heterocycles. The van der Waals surface area contributed by atoms with E-state index in [0.717, 1.165) is 22.6 Å². The van der Waals surface area contributed by atoms with Crippen molar-refractivity contribution < 1.29 is 27.4 Å². The second-order valence-corrected chi connectivity index (χ2v) is 8.67. The summed E-state index contributed by atoms with van der Waals surface area (Å²) in [6, 6.07) is 11.8. The fraction of sp³-hybridized carbons (Fsp3) is 0.304. The van der Waals surface area contributed by atoms with Crippen molar-refractivity contribution in [2.45, 2.75) is 32.3 Å². The maximum atomic E-state index is 12.8. The van der Waals surface area contributed by atoms with Crippen molar-refractivity contribution >= 4 is 28.9 Å². The van der Waals surface area contributed by atoms with Gasteiger partial charge in [0.25, 0.3) is 0 Å². The van der Waals surface area contributed by atoms with Gasteiger partial charge in [-0.1, -0.05) is 29.8 Å². The molecule has 2 aromatic carbocycles. The lowest BCUT2D eigenvalue weighted by Gasteiger charge is -2.27. The van der Waals surface area contributed by atoms with Crippen LogP contribution in [-0.4, -0.2) is 35.1 Å². The number of nitrogens with zero attached hydrogens (tertiary/aromatic N) is 2. The van der Waals surface area contributed by atoms with E-state index in [-0.39, 0.29) is 12.4 Å². The molecule has 0 N–H and O–H groups in total. The number of carbonyl (C=O) groups is 1. The van der Waals surface area contributed by atoms with Gasteiger partial charge in [0.15, 0.2) is 0 Å². The van der Waals surface area contributed by atoms with Gasteiger partial charge in [-0.25, -0.2) is 0 Å². The summed E-state index contributed by atoms with van der Waals surface area (Å²) in [6.45, 7) is 2.65. The van der Waals surface area contributed by atoms with Crippen molar-refractivity contribution in [1.82, 2.24) is 9.88 Å². The molecule has 1 unspecified atom stereocenters. The lowest BCUT2D eigenvalue weighted by Crippen LogP contribution is -2.37. The van der Waals surface area contributed by atoms with Crippen LogP contribution >= 0.6 is 22.9 Å². The molecule has 0 radical (unpaired) electrons. The smallest absolute Gasteiger partial charge is 0.416 e. The number of halogens is 4. The highest BCUT2D eigenvalue weighted by Gasteiger charge is 2.30. The van der Waals surface area contributed by atoms with Gasteiger partial charge in [-0.05, 0) is 35.9 Å². The molecule has 0 saturated carbocycles. The summed E-state index contributed by atoms with van der Waals surface area (Å²) in [4.78, 5) is 18.9. The topological polar surface area (TPSA) is 51.7 Å². The molecule has 10 heteroatoms. The summed E-state index contributed by atoms with van der Waals surface area (Å²) in [5.74, 6) is -0.230. The minimum atomic E-state index is -4.42. The number of ether oxygens (including phenoxy) is 2. The first-order valence-electron chi connectivity index (χ1n) is 10.0. The van der Waals surface area contributed by atoms with Crippen LogP contribution in [0.2, 0.25) is 5.02 Å². The molecule has 3 rings (SSSR count). The monoisotopic (exact) mass is 498 g/mol. The van der Waals surface area contributed by atoms with E-state index >= 15 is 0 Å². The number of aromatic nitrogens is 1. The lowest BCUT2D eigenvalue weighted by atomic mass is 10.2. The molecule has 0 aliphatic rings. The minimum Gasteiger partial charge on any atom is -0.490 e. The van der Waals surface area contributed by atoms with Gasteiger partial charge in [-0.2, -0.15) is 13.2 Å². The van der Waals surface area contributed by atoms with Crippen molar-refractivity contribution in [3.05, 3.63) is 81.3 Å². The van der Waals surface area contributed by atoms with E-state index in [0.29, 0.717) is 24.7 Å². The number of esters is 1. The van der Waals surface area contributed by atoms with Crippen LogP contribution in [-0.2, 0) is 28.8 Å². The average Bonchev–Trinajstić information content (AvgIpc) is 3.26. The van der Waals surface area contributed by atoms with Crippen LogP contribution in [0.5, 0.6) is 5.75 Å². The third kappa shape index (κ3) is 8.03. The number of thiazole rings is 1. The van der Waals surface area contributed by atoms with Gasteiger partial charge < -0.3 is 9.47 Å². The third-order valence-electron chi connectivity index (χ3n) is 4.63. The first-order valence-corrected chi connectivity index (χ1v) is 11.3. The van der Waals surface area contributed by atoms with E-state index in [1.54, 1.807) is 17.8 Å². The predicted octanol–water partition coefficient (Wildman–Crippen LogP) is 5.83. The molecule has 0 fully saturated rings. The normalized spacial score (nSPS) is 12.5. The van der Waals surface area contributed by atoms with Gasteiger partial charge in [-0.3, -0.25) is 14.7 Å². The SMILES string of the molecule is CC(=O)OC(COc1ccc(C(F)(F)F)cc1)CN(Cc1cncs1)Cc1ccccc1Cl. The molecule has 0 bridgehead atoms. The molecule has 1 aromatic heterocycles. The van der Waals surface area contributed by atoms with E-state index in [1.165, 1.54) is 30.4 Å². The fourth-order valence-electron chi connectivity index (χ4n) is 3.17. The van der Waals surface area contributed by atoms with E-state index in [4.69, 9.17) is 21.1 Å². The van der Waals surface area contributed by atoms with Crippen molar-refractivity contribution in [3.63, 3.8) is 0 Å². The van der Waals surface area contributed by atoms with Crippen LogP contribution in [0.4, 0.5) is 13.2 Å². The van der Waals surface area contributed by atoms with Crippen LogP contribution in [0, 0.1) is 0 Å². The lowest BCUT2D eigenvalue weighted by molar-refractivity contribution is -0.149. The number of benzene rings is 2. The number of rotatable bonds is 10. The molecule has 5 nitrogen and oxygen atoms in total. The van der Waals surface area contributed by atoms with E-state index in [9.17, 15) is 18.0 Å². The molecule has 176 valence electrons. The van der Waals surface area contributed by atoms with E-state index in [2.05, 4.69) is 9.88 Å². The third-order valence-corrected chi connectivity index (χ3v) is 5.76. The van der Waals surface area contributed by atoms with Crippen LogP contribution in [0.25, 0.3) is 0 Å². The molecule has 0 aliphatic heterocycles. The summed E-state index contributed by atoms with van der Waals surface area (Å²) >= 11 is 7.83. The Kier molecular flexibility index (Phi) is 8.71. The predicted molar refractivity (Wildman–Crippen MR) is 120 cm³/mol. The van der Waals surface area contributed by atoms with Crippen LogP contribution in [0.3, 0.4) is 0 Å². The van der Waals surface area contributed by atoms with Crippen LogP contribution in [0.15, 0.2) is 60.2 Å². The molecular formula is C23H22ClF3N2O3S. The van der Waals surface area contributed by atoms with Crippen molar-refractivity contribution in [3.8, 4) is 5.75 Å². The molecule has 1 atom stereocenters. The quantitative estimate of drug-likeness (QED) is 0.329. The van der Waals surface area contributed by atoms with Crippen molar-refractivity contribution in [2.75, 3.05) is 13.2 Å². The highest BCUT2D eigenvalue weighted by molar-refractivity contribution is 7.09. The Bertz CT molecular complexity index is 1030. The van der Waals surface area contributed by atoms with Gasteiger partial charge in [-0.15, -0.1) is 11.3 Å². The molecule has 0 amide bonds. The Morgan fingerprint density at radius 1 is 1.15 bits per heavy atom. The van der Waals surface area contributed by atoms with Gasteiger partial charge in [0.1, 0.15) is 18.5 Å². The summed E-state index contributed by atoms with van der Waals surface area (Å²) in [5, 5.41) is 0.622. The molecule has 33 heavy (non-hydrogen) atoms. The molecule has 1 heterocycles. The Balaban J connectivity index is 1.71. The van der Waals surface area contributed by atoms with E-state index < -0.39 is 23.8 Å². The summed E-state index contributed by atoms with van der Waals surface area (Å²) in [5.41, 5.74) is 1.89. The average molecular weight is 499 g/mol. The van der Waals surface area contributed by atoms with Crippen LogP contribution < -0.4 is 4.74 Å². The largest absolute Gasteiger partial charge is 0.490 e. The highest BCUT2D eigenvalue weighted by atomic mass is 35.5. The summed E-state index contributed by atoms with van der Waals surface area (Å²) in [6.07, 6.45) is -3.31. The van der Waals surface area contributed by atoms with Gasteiger partial charge in [0.05, 0.1) is 11.1 Å². The van der Waals surface area contributed by atoms with Gasteiger partial charge in [0, 0.05) is 42.7 Å². The Morgan fingerprint density at radius 3 is 2.48 bits per heavy atom. The second-order valence-electron chi connectivity index (χ2n) is 7.29. The molecule has 0 aliphatic carbocycles. The summed E-state index contributed by atoms with van der Waals surface area (Å²) in [7, 11) is 0. The van der Waals surface area contributed by atoms with Crippen LogP contribution in [0.1, 0.15) is 22.9 Å². The Morgan fingerprint density at radius 2 is 1.88 bits per heavy atom. The van der Waals surface area contributed by atoms with Gasteiger partial charge in [0.2, 0.25) is 0 Å². The van der Waals surface area contributed by atoms with Gasteiger partial charge >= 0.3 is 12.1 Å². The molecular weight excluding hydrogens is 477 g/mol. The highest BCUT2D eigenvalue weighted by Crippen LogP contribution is 2.30. The minimum absolute atomic E-state index is 0.0212. The van der Waals surface area contributed by atoms with Crippen molar-refractivity contribution in [1.29, 1.82) is 0 Å². The standard InChI is InChI=1S/C23H22ClF3N2O3S/c1-16(30)32-20(14-31-19-8-6-18(7-9-19)23(25,26)27)12-29(13-21-10-28-15-33-21)11-17-4-2-3-5-22(17)24/h2-10,15,20H,11-14H2,1H3. The zero-order valence-corrected chi connectivity index (χ0v) is 19.3. The Hall–Kier alpha value is -2.62. The number of hydrogen-bond acceptors (Lipinski definition) is 6. The first-order chi connectivity index (χ1) is 15.7. The zero-order valence-electron chi connectivity index (χ0n) is 17.7. The first kappa shape index (κ1) is 25.0. The zero-order chi connectivity index (χ0) is 23.8.